The number of H-pyrrole nitrogens is 1. The van der Waals surface area contributed by atoms with Crippen LogP contribution in [0.15, 0.2) is 18.3 Å². The topological polar surface area (TPSA) is 82.3 Å². The van der Waals surface area contributed by atoms with E-state index >= 15 is 0 Å². The number of piperidine rings is 1. The van der Waals surface area contributed by atoms with Gasteiger partial charge in [-0.25, -0.2) is 13.1 Å². The molecule has 1 unspecified atom stereocenters. The van der Waals surface area contributed by atoms with Gasteiger partial charge in [0, 0.05) is 31.4 Å². The number of hydrogen-bond acceptors (Lipinski definition) is 3. The smallest absolute Gasteiger partial charge is 0.219 e. The highest BCUT2D eigenvalue weighted by molar-refractivity contribution is 7.89. The van der Waals surface area contributed by atoms with Crippen LogP contribution in [0.3, 0.4) is 0 Å². The zero-order valence-corrected chi connectivity index (χ0v) is 13.2. The molecule has 1 fully saturated rings. The molecule has 1 aliphatic heterocycles. The Balaban J connectivity index is 1.83. The van der Waals surface area contributed by atoms with Crippen molar-refractivity contribution in [3.63, 3.8) is 0 Å². The van der Waals surface area contributed by atoms with Gasteiger partial charge < -0.3 is 9.88 Å². The van der Waals surface area contributed by atoms with Crippen LogP contribution >= 0.6 is 0 Å². The van der Waals surface area contributed by atoms with Crippen molar-refractivity contribution in [1.82, 2.24) is 14.6 Å². The third-order valence-corrected chi connectivity index (χ3v) is 5.25. The minimum absolute atomic E-state index is 0.0384. The average Bonchev–Trinajstić information content (AvgIpc) is 2.97. The summed E-state index contributed by atoms with van der Waals surface area (Å²) in [7, 11) is -3.31. The summed E-state index contributed by atoms with van der Waals surface area (Å²) in [4.78, 5) is 16.3. The Kier molecular flexibility index (Phi) is 5.41. The number of carbonyl (C=O) groups excluding carboxylic acids is 1. The third kappa shape index (κ3) is 4.86. The first-order valence-corrected chi connectivity index (χ1v) is 9.00. The SMILES string of the molecule is CC(=O)N1CCCCC1CCS(=O)(=O)NCc1ccc[nH]1. The zero-order chi connectivity index (χ0) is 15.3. The minimum Gasteiger partial charge on any atom is -0.364 e. The second-order valence-corrected chi connectivity index (χ2v) is 7.41. The van der Waals surface area contributed by atoms with Crippen LogP contribution in [0, 0.1) is 0 Å². The molecule has 1 aliphatic rings. The molecule has 118 valence electrons. The number of aromatic amines is 1. The van der Waals surface area contributed by atoms with Gasteiger partial charge in [-0.2, -0.15) is 0 Å². The number of hydrogen-bond donors (Lipinski definition) is 2. The monoisotopic (exact) mass is 313 g/mol. The first kappa shape index (κ1) is 16.0. The number of amides is 1. The molecular weight excluding hydrogens is 290 g/mol. The van der Waals surface area contributed by atoms with Gasteiger partial charge in [-0.1, -0.05) is 0 Å². The maximum Gasteiger partial charge on any atom is 0.219 e. The molecule has 7 heteroatoms. The molecule has 0 spiro atoms. The van der Waals surface area contributed by atoms with Crippen molar-refractivity contribution < 1.29 is 13.2 Å². The van der Waals surface area contributed by atoms with Crippen molar-refractivity contribution in [2.45, 2.75) is 45.2 Å². The molecule has 0 radical (unpaired) electrons. The summed E-state index contributed by atoms with van der Waals surface area (Å²) < 4.78 is 26.6. The summed E-state index contributed by atoms with van der Waals surface area (Å²) in [6.07, 6.45) is 5.22. The Hall–Kier alpha value is -1.34. The van der Waals surface area contributed by atoms with Crippen molar-refractivity contribution in [3.05, 3.63) is 24.0 Å². The van der Waals surface area contributed by atoms with Crippen LogP contribution in [0.2, 0.25) is 0 Å². The van der Waals surface area contributed by atoms with E-state index in [1.165, 1.54) is 0 Å². The highest BCUT2D eigenvalue weighted by Crippen LogP contribution is 2.20. The van der Waals surface area contributed by atoms with Gasteiger partial charge >= 0.3 is 0 Å². The summed E-state index contributed by atoms with van der Waals surface area (Å²) in [6.45, 7) is 2.57. The molecule has 1 aromatic heterocycles. The highest BCUT2D eigenvalue weighted by Gasteiger charge is 2.25. The fraction of sp³-hybridized carbons (Fsp3) is 0.643. The van der Waals surface area contributed by atoms with E-state index in [0.717, 1.165) is 31.5 Å². The number of aromatic nitrogens is 1. The highest BCUT2D eigenvalue weighted by atomic mass is 32.2. The Bertz CT molecular complexity index is 554. The first-order chi connectivity index (χ1) is 9.98. The molecule has 0 aliphatic carbocycles. The second-order valence-electron chi connectivity index (χ2n) is 5.49. The van der Waals surface area contributed by atoms with Crippen molar-refractivity contribution in [1.29, 1.82) is 0 Å². The van der Waals surface area contributed by atoms with Gasteiger partial charge in [0.1, 0.15) is 0 Å². The van der Waals surface area contributed by atoms with E-state index in [4.69, 9.17) is 0 Å². The van der Waals surface area contributed by atoms with E-state index in [-0.39, 0.29) is 24.2 Å². The van der Waals surface area contributed by atoms with E-state index in [1.807, 2.05) is 17.0 Å². The van der Waals surface area contributed by atoms with Crippen molar-refractivity contribution in [3.8, 4) is 0 Å². The molecule has 0 aromatic carbocycles. The number of nitrogens with zero attached hydrogens (tertiary/aromatic N) is 1. The minimum atomic E-state index is -3.31. The Morgan fingerprint density at radius 2 is 2.29 bits per heavy atom. The van der Waals surface area contributed by atoms with Gasteiger partial charge in [-0.3, -0.25) is 4.79 Å². The summed E-state index contributed by atoms with van der Waals surface area (Å²) in [5.41, 5.74) is 0.835. The molecule has 1 saturated heterocycles. The predicted molar refractivity (Wildman–Crippen MR) is 81.1 cm³/mol. The zero-order valence-electron chi connectivity index (χ0n) is 12.3. The van der Waals surface area contributed by atoms with E-state index < -0.39 is 10.0 Å². The van der Waals surface area contributed by atoms with Crippen LogP contribution in [0.1, 0.15) is 38.3 Å². The Labute approximate surface area is 126 Å². The number of rotatable bonds is 6. The molecule has 6 nitrogen and oxygen atoms in total. The van der Waals surface area contributed by atoms with Crippen molar-refractivity contribution in [2.24, 2.45) is 0 Å². The van der Waals surface area contributed by atoms with Crippen molar-refractivity contribution >= 4 is 15.9 Å². The van der Waals surface area contributed by atoms with Gasteiger partial charge in [-0.05, 0) is 37.8 Å². The second kappa shape index (κ2) is 7.09. The summed E-state index contributed by atoms with van der Waals surface area (Å²) in [6, 6.07) is 3.72. The number of likely N-dealkylation sites (tertiary alicyclic amines) is 1. The van der Waals surface area contributed by atoms with Crippen LogP contribution in [-0.4, -0.2) is 42.5 Å². The van der Waals surface area contributed by atoms with E-state index in [0.29, 0.717) is 6.42 Å². The summed E-state index contributed by atoms with van der Waals surface area (Å²) >= 11 is 0. The summed E-state index contributed by atoms with van der Waals surface area (Å²) in [5, 5.41) is 0. The quantitative estimate of drug-likeness (QED) is 0.828. The first-order valence-electron chi connectivity index (χ1n) is 7.35. The van der Waals surface area contributed by atoms with Crippen molar-refractivity contribution in [2.75, 3.05) is 12.3 Å². The van der Waals surface area contributed by atoms with Gasteiger partial charge in [0.2, 0.25) is 15.9 Å². The number of carbonyl (C=O) groups is 1. The van der Waals surface area contributed by atoms with Gasteiger partial charge in [0.25, 0.3) is 0 Å². The number of nitrogens with one attached hydrogen (secondary N) is 2. The van der Waals surface area contributed by atoms with Crippen LogP contribution < -0.4 is 4.72 Å². The summed E-state index contributed by atoms with van der Waals surface area (Å²) in [5.74, 6) is 0.0961. The lowest BCUT2D eigenvalue weighted by molar-refractivity contribution is -0.132. The van der Waals surface area contributed by atoms with Gasteiger partial charge in [0.15, 0.2) is 0 Å². The fourth-order valence-electron chi connectivity index (χ4n) is 2.74. The maximum absolute atomic E-state index is 12.0. The lowest BCUT2D eigenvalue weighted by Gasteiger charge is -2.35. The average molecular weight is 313 g/mol. The molecule has 0 bridgehead atoms. The Morgan fingerprint density at radius 1 is 1.48 bits per heavy atom. The standard InChI is InChI=1S/C14H23N3O3S/c1-12(18)17-9-3-2-6-14(17)7-10-21(19,20)16-11-13-5-4-8-15-13/h4-5,8,14-16H,2-3,6-7,9-11H2,1H3. The normalized spacial score (nSPS) is 19.7. The molecule has 1 aromatic rings. The third-order valence-electron chi connectivity index (χ3n) is 3.90. The molecule has 1 amide bonds. The molecule has 21 heavy (non-hydrogen) atoms. The Morgan fingerprint density at radius 3 is 2.95 bits per heavy atom. The number of sulfonamides is 1. The molecule has 2 heterocycles. The van der Waals surface area contributed by atoms with E-state index in [2.05, 4.69) is 9.71 Å². The van der Waals surface area contributed by atoms with Gasteiger partial charge in [-0.15, -0.1) is 0 Å². The lowest BCUT2D eigenvalue weighted by Crippen LogP contribution is -2.43. The van der Waals surface area contributed by atoms with Crippen LogP contribution in [0.4, 0.5) is 0 Å². The van der Waals surface area contributed by atoms with E-state index in [9.17, 15) is 13.2 Å². The van der Waals surface area contributed by atoms with E-state index in [1.54, 1.807) is 13.1 Å². The van der Waals surface area contributed by atoms with Gasteiger partial charge in [0.05, 0.1) is 12.3 Å². The van der Waals surface area contributed by atoms with Crippen LogP contribution in [0.5, 0.6) is 0 Å². The molecular formula is C14H23N3O3S. The maximum atomic E-state index is 12.0. The predicted octanol–water partition coefficient (Wildman–Crippen LogP) is 1.23. The molecule has 2 rings (SSSR count). The molecule has 2 N–H and O–H groups in total. The molecule has 1 atom stereocenters. The molecule has 0 saturated carbocycles. The lowest BCUT2D eigenvalue weighted by atomic mass is 10.00. The fourth-order valence-corrected chi connectivity index (χ4v) is 3.85. The van der Waals surface area contributed by atoms with Crippen LogP contribution in [-0.2, 0) is 21.4 Å². The van der Waals surface area contributed by atoms with Crippen LogP contribution in [0.25, 0.3) is 0 Å². The largest absolute Gasteiger partial charge is 0.364 e.